The van der Waals surface area contributed by atoms with Crippen molar-refractivity contribution in [1.29, 1.82) is 0 Å². The van der Waals surface area contributed by atoms with E-state index in [1.165, 1.54) is 0 Å². The van der Waals surface area contributed by atoms with Gasteiger partial charge in [-0.15, -0.1) is 0 Å². The Morgan fingerprint density at radius 2 is 2.29 bits per heavy atom. The van der Waals surface area contributed by atoms with Gasteiger partial charge in [-0.3, -0.25) is 4.79 Å². The highest BCUT2D eigenvalue weighted by Crippen LogP contribution is 2.22. The Labute approximate surface area is 125 Å². The molecule has 2 unspecified atom stereocenters. The fraction of sp³-hybridized carbons (Fsp3) is 0.471. The van der Waals surface area contributed by atoms with Crippen LogP contribution in [0.4, 0.5) is 0 Å². The van der Waals surface area contributed by atoms with E-state index in [9.17, 15) is 4.79 Å². The normalized spacial score (nSPS) is 20.7. The molecular weight excluding hydrogens is 266 g/mol. The molecule has 1 aliphatic rings. The smallest absolute Gasteiger partial charge is 0.251 e. The zero-order chi connectivity index (χ0) is 15.2. The summed E-state index contributed by atoms with van der Waals surface area (Å²) in [7, 11) is 1.69. The van der Waals surface area contributed by atoms with Crippen molar-refractivity contribution < 1.29 is 14.6 Å². The lowest BCUT2D eigenvalue weighted by Crippen LogP contribution is -2.41. The maximum absolute atomic E-state index is 12.4. The van der Waals surface area contributed by atoms with Gasteiger partial charge in [0.05, 0.1) is 12.1 Å². The van der Waals surface area contributed by atoms with Gasteiger partial charge in [0.15, 0.2) is 0 Å². The predicted octanol–water partition coefficient (Wildman–Crippen LogP) is 1.64. The molecule has 0 bridgehead atoms. The Kier molecular flexibility index (Phi) is 5.38. The minimum absolute atomic E-state index is 0.0779. The molecule has 0 saturated heterocycles. The third-order valence-electron chi connectivity index (χ3n) is 3.95. The molecule has 2 rings (SSSR count). The molecule has 4 heteroatoms. The molecule has 0 aliphatic heterocycles. The average Bonchev–Trinajstić information content (AvgIpc) is 2.93. The summed E-state index contributed by atoms with van der Waals surface area (Å²) in [6, 6.07) is 5.54. The number of ether oxygens (including phenoxy) is 1. The van der Waals surface area contributed by atoms with Gasteiger partial charge in [-0.2, -0.15) is 0 Å². The monoisotopic (exact) mass is 287 g/mol. The van der Waals surface area contributed by atoms with Gasteiger partial charge in [-0.05, 0) is 43.9 Å². The van der Waals surface area contributed by atoms with Crippen LogP contribution in [0.15, 0.2) is 18.2 Å². The molecule has 1 fully saturated rings. The number of hydrogen-bond donors (Lipinski definition) is 2. The van der Waals surface area contributed by atoms with E-state index in [0.717, 1.165) is 30.4 Å². The molecule has 0 heterocycles. The predicted molar refractivity (Wildman–Crippen MR) is 81.0 cm³/mol. The fourth-order valence-corrected chi connectivity index (χ4v) is 2.77. The molecule has 4 nitrogen and oxygen atoms in total. The molecule has 1 amide bonds. The Bertz CT molecular complexity index is 571. The number of nitrogens with one attached hydrogen (secondary N) is 1. The molecule has 0 radical (unpaired) electrons. The molecule has 0 spiro atoms. The first-order valence-electron chi connectivity index (χ1n) is 7.20. The zero-order valence-electron chi connectivity index (χ0n) is 12.5. The average molecular weight is 287 g/mol. The van der Waals surface area contributed by atoms with Crippen molar-refractivity contribution in [3.8, 4) is 11.8 Å². The molecule has 112 valence electrons. The first-order chi connectivity index (χ1) is 10.2. The highest BCUT2D eigenvalue weighted by molar-refractivity contribution is 5.96. The first kappa shape index (κ1) is 15.6. The number of amides is 1. The van der Waals surface area contributed by atoms with E-state index < -0.39 is 0 Å². The van der Waals surface area contributed by atoms with Gasteiger partial charge in [0.1, 0.15) is 6.61 Å². The van der Waals surface area contributed by atoms with Crippen molar-refractivity contribution in [3.05, 3.63) is 34.9 Å². The SMILES string of the molecule is COC1CCCC1NC(=O)c1cccc(C#CCO)c1C. The molecule has 0 aromatic heterocycles. The van der Waals surface area contributed by atoms with Crippen LogP contribution in [-0.2, 0) is 4.74 Å². The van der Waals surface area contributed by atoms with Crippen molar-refractivity contribution in [1.82, 2.24) is 5.32 Å². The number of hydrogen-bond acceptors (Lipinski definition) is 3. The van der Waals surface area contributed by atoms with Crippen molar-refractivity contribution in [3.63, 3.8) is 0 Å². The van der Waals surface area contributed by atoms with Crippen LogP contribution in [0.2, 0.25) is 0 Å². The Balaban J connectivity index is 2.16. The summed E-state index contributed by atoms with van der Waals surface area (Å²) in [5, 5.41) is 11.8. The Hall–Kier alpha value is -1.83. The maximum Gasteiger partial charge on any atom is 0.251 e. The first-order valence-corrected chi connectivity index (χ1v) is 7.20. The van der Waals surface area contributed by atoms with E-state index in [4.69, 9.17) is 9.84 Å². The second-order valence-electron chi connectivity index (χ2n) is 5.22. The van der Waals surface area contributed by atoms with Crippen molar-refractivity contribution in [2.24, 2.45) is 0 Å². The van der Waals surface area contributed by atoms with Crippen molar-refractivity contribution in [2.75, 3.05) is 13.7 Å². The number of methoxy groups -OCH3 is 1. The van der Waals surface area contributed by atoms with Gasteiger partial charge in [-0.1, -0.05) is 17.9 Å². The summed E-state index contributed by atoms with van der Waals surface area (Å²) in [6.45, 7) is 1.69. The van der Waals surface area contributed by atoms with Gasteiger partial charge in [-0.25, -0.2) is 0 Å². The quantitative estimate of drug-likeness (QED) is 0.831. The third-order valence-corrected chi connectivity index (χ3v) is 3.95. The number of rotatable bonds is 3. The second-order valence-corrected chi connectivity index (χ2v) is 5.22. The van der Waals surface area contributed by atoms with E-state index in [2.05, 4.69) is 17.2 Å². The van der Waals surface area contributed by atoms with Gasteiger partial charge in [0, 0.05) is 18.2 Å². The van der Waals surface area contributed by atoms with Crippen molar-refractivity contribution >= 4 is 5.91 Å². The lowest BCUT2D eigenvalue weighted by atomic mass is 10.0. The number of carbonyl (C=O) groups excluding carboxylic acids is 1. The molecule has 21 heavy (non-hydrogen) atoms. The Morgan fingerprint density at radius 1 is 1.48 bits per heavy atom. The summed E-state index contributed by atoms with van der Waals surface area (Å²) in [4.78, 5) is 12.4. The molecule has 2 N–H and O–H groups in total. The number of aliphatic hydroxyl groups excluding tert-OH is 1. The maximum atomic E-state index is 12.4. The second kappa shape index (κ2) is 7.26. The van der Waals surface area contributed by atoms with Crippen LogP contribution in [0, 0.1) is 18.8 Å². The van der Waals surface area contributed by atoms with E-state index in [1.54, 1.807) is 13.2 Å². The minimum Gasteiger partial charge on any atom is -0.384 e. The molecular formula is C17H21NO3. The zero-order valence-corrected chi connectivity index (χ0v) is 12.5. The van der Waals surface area contributed by atoms with Crippen LogP contribution in [0.25, 0.3) is 0 Å². The molecule has 1 aromatic rings. The topological polar surface area (TPSA) is 58.6 Å². The van der Waals surface area contributed by atoms with Crippen molar-refractivity contribution in [2.45, 2.75) is 38.3 Å². The lowest BCUT2D eigenvalue weighted by Gasteiger charge is -2.20. The number of aliphatic hydroxyl groups is 1. The van der Waals surface area contributed by atoms with Gasteiger partial charge in [0.2, 0.25) is 0 Å². The number of carbonyl (C=O) groups is 1. The van der Waals surface area contributed by atoms with Gasteiger partial charge < -0.3 is 15.2 Å². The highest BCUT2D eigenvalue weighted by atomic mass is 16.5. The fourth-order valence-electron chi connectivity index (χ4n) is 2.77. The van der Waals surface area contributed by atoms with Gasteiger partial charge >= 0.3 is 0 Å². The summed E-state index contributed by atoms with van der Waals surface area (Å²) in [5.74, 6) is 5.39. The Morgan fingerprint density at radius 3 is 3.00 bits per heavy atom. The number of benzene rings is 1. The minimum atomic E-state index is -0.187. The molecule has 1 aromatic carbocycles. The summed E-state index contributed by atoms with van der Waals surface area (Å²) in [6.07, 6.45) is 3.12. The van der Waals surface area contributed by atoms with E-state index in [0.29, 0.717) is 5.56 Å². The van der Waals surface area contributed by atoms with Crippen LogP contribution in [0.1, 0.15) is 40.7 Å². The highest BCUT2D eigenvalue weighted by Gasteiger charge is 2.28. The van der Waals surface area contributed by atoms with Crippen LogP contribution in [-0.4, -0.2) is 36.9 Å². The summed E-state index contributed by atoms with van der Waals surface area (Å²) >= 11 is 0. The summed E-state index contributed by atoms with van der Waals surface area (Å²) < 4.78 is 5.40. The molecule has 1 saturated carbocycles. The van der Waals surface area contributed by atoms with Crippen LogP contribution >= 0.6 is 0 Å². The molecule has 1 aliphatic carbocycles. The largest absolute Gasteiger partial charge is 0.384 e. The third kappa shape index (κ3) is 3.63. The standard InChI is InChI=1S/C17H21NO3/c1-12-13(7-5-11-19)6-3-8-14(12)17(20)18-15-9-4-10-16(15)21-2/h3,6,8,15-16,19H,4,9-11H2,1-2H3,(H,18,20). The summed E-state index contributed by atoms with van der Waals surface area (Å²) in [5.41, 5.74) is 2.23. The van der Waals surface area contributed by atoms with E-state index >= 15 is 0 Å². The van der Waals surface area contributed by atoms with E-state index in [1.807, 2.05) is 19.1 Å². The van der Waals surface area contributed by atoms with Crippen LogP contribution < -0.4 is 5.32 Å². The van der Waals surface area contributed by atoms with Crippen LogP contribution in [0.5, 0.6) is 0 Å². The van der Waals surface area contributed by atoms with E-state index in [-0.39, 0.29) is 24.7 Å². The lowest BCUT2D eigenvalue weighted by molar-refractivity contribution is 0.0722. The molecule has 2 atom stereocenters. The van der Waals surface area contributed by atoms with Crippen LogP contribution in [0.3, 0.4) is 0 Å². The van der Waals surface area contributed by atoms with Gasteiger partial charge in [0.25, 0.3) is 5.91 Å².